The lowest BCUT2D eigenvalue weighted by atomic mass is 10.2. The zero-order valence-corrected chi connectivity index (χ0v) is 10.9. The van der Waals surface area contributed by atoms with Crippen molar-refractivity contribution in [3.8, 4) is 0 Å². The maximum absolute atomic E-state index is 3.60. The Kier molecular flexibility index (Phi) is 4.62. The van der Waals surface area contributed by atoms with Crippen LogP contribution in [-0.2, 0) is 0 Å². The Bertz CT molecular complexity index is 203. The van der Waals surface area contributed by atoms with Crippen LogP contribution in [-0.4, -0.2) is 61.7 Å². The molecule has 3 nitrogen and oxygen atoms in total. The molecule has 0 aromatic heterocycles. The van der Waals surface area contributed by atoms with Crippen LogP contribution in [0.15, 0.2) is 0 Å². The highest BCUT2D eigenvalue weighted by molar-refractivity contribution is 4.81. The summed E-state index contributed by atoms with van der Waals surface area (Å²) in [6, 6.07) is 1.60. The van der Waals surface area contributed by atoms with E-state index in [9.17, 15) is 0 Å². The highest BCUT2D eigenvalue weighted by atomic mass is 15.2. The molecule has 1 aliphatic heterocycles. The van der Waals surface area contributed by atoms with Crippen molar-refractivity contribution >= 4 is 0 Å². The normalized spacial score (nSPS) is 29.2. The molecule has 0 aromatic carbocycles. The predicted octanol–water partition coefficient (Wildman–Crippen LogP) is 1.15. The molecule has 16 heavy (non-hydrogen) atoms. The quantitative estimate of drug-likeness (QED) is 0.708. The van der Waals surface area contributed by atoms with Crippen LogP contribution < -0.4 is 5.32 Å². The molecule has 1 unspecified atom stereocenters. The Labute approximate surface area is 100 Å². The summed E-state index contributed by atoms with van der Waals surface area (Å²) in [7, 11) is 2.24. The minimum absolute atomic E-state index is 0.730. The van der Waals surface area contributed by atoms with Crippen molar-refractivity contribution in [2.24, 2.45) is 0 Å². The van der Waals surface area contributed by atoms with E-state index in [0.29, 0.717) is 0 Å². The van der Waals surface area contributed by atoms with Crippen LogP contribution in [0.4, 0.5) is 0 Å². The van der Waals surface area contributed by atoms with Gasteiger partial charge in [-0.05, 0) is 65.8 Å². The topological polar surface area (TPSA) is 18.5 Å². The van der Waals surface area contributed by atoms with Crippen LogP contribution in [0.1, 0.15) is 32.6 Å². The van der Waals surface area contributed by atoms with Gasteiger partial charge in [0, 0.05) is 18.6 Å². The molecular formula is C13H27N3. The van der Waals surface area contributed by atoms with E-state index in [4.69, 9.17) is 0 Å². The first-order valence-corrected chi connectivity index (χ1v) is 6.91. The molecule has 0 bridgehead atoms. The molecule has 1 atom stereocenters. The molecule has 0 aromatic rings. The number of hydrogen-bond acceptors (Lipinski definition) is 3. The fraction of sp³-hybridized carbons (Fsp3) is 1.00. The summed E-state index contributed by atoms with van der Waals surface area (Å²) in [5.74, 6) is 0. The predicted molar refractivity (Wildman–Crippen MR) is 68.8 cm³/mol. The molecular weight excluding hydrogens is 198 g/mol. The van der Waals surface area contributed by atoms with Crippen molar-refractivity contribution < 1.29 is 0 Å². The van der Waals surface area contributed by atoms with Gasteiger partial charge in [-0.3, -0.25) is 4.90 Å². The van der Waals surface area contributed by atoms with Crippen molar-refractivity contribution in [3.63, 3.8) is 0 Å². The van der Waals surface area contributed by atoms with Gasteiger partial charge in [-0.15, -0.1) is 0 Å². The third-order valence-electron chi connectivity index (χ3n) is 3.82. The van der Waals surface area contributed by atoms with Crippen molar-refractivity contribution in [1.29, 1.82) is 0 Å². The summed E-state index contributed by atoms with van der Waals surface area (Å²) >= 11 is 0. The maximum atomic E-state index is 3.60. The van der Waals surface area contributed by atoms with E-state index < -0.39 is 0 Å². The second kappa shape index (κ2) is 5.99. The van der Waals surface area contributed by atoms with E-state index in [2.05, 4.69) is 29.1 Å². The fourth-order valence-electron chi connectivity index (χ4n) is 2.63. The molecule has 94 valence electrons. The first kappa shape index (κ1) is 12.3. The SMILES string of the molecule is CC1CN(C)CCCN1CCCNC1CC1. The van der Waals surface area contributed by atoms with E-state index in [1.54, 1.807) is 0 Å². The van der Waals surface area contributed by atoms with Gasteiger partial charge >= 0.3 is 0 Å². The summed E-state index contributed by atoms with van der Waals surface area (Å²) in [5.41, 5.74) is 0. The molecule has 0 radical (unpaired) electrons. The molecule has 3 heteroatoms. The molecule has 1 saturated carbocycles. The first-order valence-electron chi connectivity index (χ1n) is 6.91. The van der Waals surface area contributed by atoms with Gasteiger partial charge in [0.05, 0.1) is 0 Å². The van der Waals surface area contributed by atoms with Crippen LogP contribution >= 0.6 is 0 Å². The summed E-state index contributed by atoms with van der Waals surface area (Å²) in [6.45, 7) is 8.64. The first-order chi connectivity index (χ1) is 7.75. The number of hydrogen-bond donors (Lipinski definition) is 1. The standard InChI is InChI=1S/C13H27N3/c1-12-11-15(2)8-4-10-16(12)9-3-7-14-13-5-6-13/h12-14H,3-11H2,1-2H3. The highest BCUT2D eigenvalue weighted by Gasteiger charge is 2.21. The van der Waals surface area contributed by atoms with Crippen LogP contribution in [0.3, 0.4) is 0 Å². The second-order valence-electron chi connectivity index (χ2n) is 5.58. The summed E-state index contributed by atoms with van der Waals surface area (Å²) in [6.07, 6.45) is 5.46. The highest BCUT2D eigenvalue weighted by Crippen LogP contribution is 2.18. The average molecular weight is 225 g/mol. The molecule has 2 rings (SSSR count). The Morgan fingerprint density at radius 3 is 2.81 bits per heavy atom. The van der Waals surface area contributed by atoms with Crippen molar-refractivity contribution in [2.75, 3.05) is 39.8 Å². The summed E-state index contributed by atoms with van der Waals surface area (Å²) in [5, 5.41) is 3.60. The monoisotopic (exact) mass is 225 g/mol. The second-order valence-corrected chi connectivity index (χ2v) is 5.58. The summed E-state index contributed by atoms with van der Waals surface area (Å²) in [4.78, 5) is 5.13. The molecule has 1 saturated heterocycles. The van der Waals surface area contributed by atoms with Crippen LogP contribution in [0.25, 0.3) is 0 Å². The molecule has 0 amide bonds. The Hall–Kier alpha value is -0.120. The smallest absolute Gasteiger partial charge is 0.0194 e. The van der Waals surface area contributed by atoms with Gasteiger partial charge in [0.2, 0.25) is 0 Å². The third-order valence-corrected chi connectivity index (χ3v) is 3.82. The molecule has 1 aliphatic carbocycles. The van der Waals surface area contributed by atoms with E-state index in [1.165, 1.54) is 58.4 Å². The van der Waals surface area contributed by atoms with Crippen LogP contribution in [0.2, 0.25) is 0 Å². The number of likely N-dealkylation sites (N-methyl/N-ethyl adjacent to an activating group) is 1. The van der Waals surface area contributed by atoms with Gasteiger partial charge in [-0.2, -0.15) is 0 Å². The fourth-order valence-corrected chi connectivity index (χ4v) is 2.63. The van der Waals surface area contributed by atoms with Crippen LogP contribution in [0.5, 0.6) is 0 Å². The van der Waals surface area contributed by atoms with E-state index in [1.807, 2.05) is 0 Å². The Morgan fingerprint density at radius 1 is 1.25 bits per heavy atom. The van der Waals surface area contributed by atoms with Crippen LogP contribution in [0, 0.1) is 0 Å². The van der Waals surface area contributed by atoms with E-state index in [0.717, 1.165) is 12.1 Å². The van der Waals surface area contributed by atoms with Gasteiger partial charge in [-0.25, -0.2) is 0 Å². The Balaban J connectivity index is 1.62. The lowest BCUT2D eigenvalue weighted by Crippen LogP contribution is -2.39. The average Bonchev–Trinajstić information content (AvgIpc) is 3.04. The molecule has 1 N–H and O–H groups in total. The van der Waals surface area contributed by atoms with E-state index >= 15 is 0 Å². The molecule has 2 fully saturated rings. The zero-order valence-electron chi connectivity index (χ0n) is 10.9. The third kappa shape index (κ3) is 4.04. The number of nitrogens with one attached hydrogen (secondary N) is 1. The number of rotatable bonds is 5. The minimum Gasteiger partial charge on any atom is -0.314 e. The molecule has 0 spiro atoms. The summed E-state index contributed by atoms with van der Waals surface area (Å²) < 4.78 is 0. The lowest BCUT2D eigenvalue weighted by molar-refractivity contribution is 0.200. The van der Waals surface area contributed by atoms with Gasteiger partial charge in [0.25, 0.3) is 0 Å². The van der Waals surface area contributed by atoms with Crippen molar-refractivity contribution in [1.82, 2.24) is 15.1 Å². The van der Waals surface area contributed by atoms with Crippen molar-refractivity contribution in [2.45, 2.75) is 44.7 Å². The van der Waals surface area contributed by atoms with Crippen molar-refractivity contribution in [3.05, 3.63) is 0 Å². The maximum Gasteiger partial charge on any atom is 0.0194 e. The Morgan fingerprint density at radius 2 is 2.06 bits per heavy atom. The van der Waals surface area contributed by atoms with E-state index in [-0.39, 0.29) is 0 Å². The van der Waals surface area contributed by atoms with Gasteiger partial charge in [0.1, 0.15) is 0 Å². The van der Waals surface area contributed by atoms with Gasteiger partial charge in [-0.1, -0.05) is 0 Å². The molecule has 1 heterocycles. The lowest BCUT2D eigenvalue weighted by Gasteiger charge is -2.27. The van der Waals surface area contributed by atoms with Gasteiger partial charge < -0.3 is 10.2 Å². The van der Waals surface area contributed by atoms with Gasteiger partial charge in [0.15, 0.2) is 0 Å². The number of nitrogens with zero attached hydrogens (tertiary/aromatic N) is 2. The minimum atomic E-state index is 0.730. The zero-order chi connectivity index (χ0) is 11.4. The molecule has 2 aliphatic rings. The largest absolute Gasteiger partial charge is 0.314 e.